The fraction of sp³-hybridized carbons (Fsp3) is 0.562. The molecule has 22 heavy (non-hydrogen) atoms. The molecular weight excluding hydrogens is 412 g/mol. The Hall–Kier alpha value is -0.430. The van der Waals surface area contributed by atoms with Crippen LogP contribution in [-0.4, -0.2) is 42.0 Å². The second-order valence-corrected chi connectivity index (χ2v) is 5.59. The highest BCUT2D eigenvalue weighted by atomic mass is 79.9. The van der Waals surface area contributed by atoms with E-state index in [-0.39, 0.29) is 45.5 Å². The van der Waals surface area contributed by atoms with Crippen molar-refractivity contribution in [2.75, 3.05) is 26.2 Å². The van der Waals surface area contributed by atoms with Gasteiger partial charge in [0.2, 0.25) is 0 Å². The fourth-order valence-electron chi connectivity index (χ4n) is 2.70. The summed E-state index contributed by atoms with van der Waals surface area (Å²) in [6.45, 7) is 4.00. The summed E-state index contributed by atoms with van der Waals surface area (Å²) < 4.78 is 0. The third-order valence-corrected chi connectivity index (χ3v) is 4.11. The molecule has 6 heteroatoms. The first-order chi connectivity index (χ1) is 9.69. The number of carbonyl (C=O) groups excluding carboxylic acids is 1. The number of ketones is 1. The van der Waals surface area contributed by atoms with Gasteiger partial charge in [0.25, 0.3) is 0 Å². The van der Waals surface area contributed by atoms with Crippen LogP contribution in [0.15, 0.2) is 24.3 Å². The first-order valence-corrected chi connectivity index (χ1v) is 7.43. The van der Waals surface area contributed by atoms with Crippen molar-refractivity contribution in [3.8, 4) is 5.75 Å². The van der Waals surface area contributed by atoms with Crippen LogP contribution in [0, 0.1) is 5.92 Å². The molecule has 0 unspecified atom stereocenters. The average Bonchev–Trinajstić information content (AvgIpc) is 2.48. The van der Waals surface area contributed by atoms with Crippen molar-refractivity contribution in [3.63, 3.8) is 0 Å². The van der Waals surface area contributed by atoms with Gasteiger partial charge in [-0.1, -0.05) is 0 Å². The molecule has 0 radical (unpaired) electrons. The van der Waals surface area contributed by atoms with E-state index in [4.69, 9.17) is 5.73 Å². The van der Waals surface area contributed by atoms with Crippen LogP contribution < -0.4 is 5.73 Å². The smallest absolute Gasteiger partial charge is 0.162 e. The lowest BCUT2D eigenvalue weighted by atomic mass is 9.97. The maximum absolute atomic E-state index is 12.0. The maximum atomic E-state index is 12.0. The number of hydrogen-bond acceptors (Lipinski definition) is 4. The van der Waals surface area contributed by atoms with Gasteiger partial charge in [-0.15, -0.1) is 34.0 Å². The highest BCUT2D eigenvalue weighted by Gasteiger charge is 2.17. The number of likely N-dealkylation sites (tertiary alicyclic amines) is 1. The number of aromatic hydroxyl groups is 1. The topological polar surface area (TPSA) is 66.6 Å². The van der Waals surface area contributed by atoms with Crippen molar-refractivity contribution >= 4 is 39.7 Å². The van der Waals surface area contributed by atoms with Crippen molar-refractivity contribution in [2.45, 2.75) is 25.7 Å². The molecule has 3 N–H and O–H groups in total. The predicted molar refractivity (Wildman–Crippen MR) is 101 cm³/mol. The fourth-order valence-corrected chi connectivity index (χ4v) is 2.70. The Morgan fingerprint density at radius 3 is 2.32 bits per heavy atom. The third kappa shape index (κ3) is 6.77. The molecule has 0 spiro atoms. The molecule has 4 nitrogen and oxygen atoms in total. The number of halogens is 2. The number of benzene rings is 1. The summed E-state index contributed by atoms with van der Waals surface area (Å²) in [4.78, 5) is 14.4. The van der Waals surface area contributed by atoms with Crippen LogP contribution in [0.4, 0.5) is 0 Å². The summed E-state index contributed by atoms with van der Waals surface area (Å²) >= 11 is 0. The Bertz CT molecular complexity index is 432. The molecule has 1 aromatic rings. The number of Topliss-reactive ketones (excluding diaryl/α,β-unsaturated/α-hetero) is 1. The van der Waals surface area contributed by atoms with Crippen molar-refractivity contribution in [2.24, 2.45) is 11.7 Å². The summed E-state index contributed by atoms with van der Waals surface area (Å²) in [5, 5.41) is 9.20. The molecule has 1 aromatic carbocycles. The molecule has 0 aliphatic carbocycles. The number of phenolic OH excluding ortho intramolecular Hbond substituents is 1. The van der Waals surface area contributed by atoms with Crippen molar-refractivity contribution in [1.82, 2.24) is 4.90 Å². The van der Waals surface area contributed by atoms with Crippen molar-refractivity contribution in [1.29, 1.82) is 0 Å². The van der Waals surface area contributed by atoms with Crippen LogP contribution in [0.5, 0.6) is 5.75 Å². The first kappa shape index (κ1) is 21.6. The SMILES string of the molecule is Br.Br.NCC1CCN(CCCC(=O)c2ccc(O)cc2)CC1. The molecule has 0 aromatic heterocycles. The number of nitrogens with zero attached hydrogens (tertiary/aromatic N) is 1. The molecule has 126 valence electrons. The molecule has 1 saturated heterocycles. The summed E-state index contributed by atoms with van der Waals surface area (Å²) in [5.74, 6) is 1.04. The Morgan fingerprint density at radius 2 is 1.77 bits per heavy atom. The molecule has 0 bridgehead atoms. The zero-order valence-electron chi connectivity index (χ0n) is 12.7. The lowest BCUT2D eigenvalue weighted by molar-refractivity contribution is 0.0970. The normalized spacial score (nSPS) is 15.7. The van der Waals surface area contributed by atoms with E-state index < -0.39 is 0 Å². The van der Waals surface area contributed by atoms with Crippen LogP contribution in [-0.2, 0) is 0 Å². The van der Waals surface area contributed by atoms with Crippen LogP contribution in [0.2, 0.25) is 0 Å². The number of nitrogens with two attached hydrogens (primary N) is 1. The molecule has 1 fully saturated rings. The predicted octanol–water partition coefficient (Wildman–Crippen LogP) is 3.18. The zero-order valence-corrected chi connectivity index (χ0v) is 16.2. The van der Waals surface area contributed by atoms with Gasteiger partial charge in [-0.05, 0) is 75.6 Å². The molecule has 0 saturated carbocycles. The van der Waals surface area contributed by atoms with Gasteiger partial charge in [-0.2, -0.15) is 0 Å². The quantitative estimate of drug-likeness (QED) is 0.670. The second kappa shape index (κ2) is 11.2. The van der Waals surface area contributed by atoms with E-state index in [0.29, 0.717) is 17.9 Å². The monoisotopic (exact) mass is 436 g/mol. The molecule has 0 amide bonds. The molecule has 1 aliphatic rings. The number of hydrogen-bond donors (Lipinski definition) is 2. The standard InChI is InChI=1S/C16H24N2O2.2BrH/c17-12-13-7-10-18(11-8-13)9-1-2-16(20)14-3-5-15(19)6-4-14;;/h3-6,13,19H,1-2,7-12,17H2;2*1H. The molecule has 1 aliphatic heterocycles. The van der Waals surface area contributed by atoms with Crippen LogP contribution in [0.3, 0.4) is 0 Å². The summed E-state index contributed by atoms with van der Waals surface area (Å²) in [6.07, 6.45) is 3.83. The van der Waals surface area contributed by atoms with E-state index in [1.165, 1.54) is 12.8 Å². The van der Waals surface area contributed by atoms with Crippen molar-refractivity contribution in [3.05, 3.63) is 29.8 Å². The number of phenols is 1. The van der Waals surface area contributed by atoms with Gasteiger partial charge in [-0.25, -0.2) is 0 Å². The molecule has 0 atom stereocenters. The van der Waals surface area contributed by atoms with E-state index >= 15 is 0 Å². The van der Waals surface area contributed by atoms with E-state index in [2.05, 4.69) is 4.90 Å². The van der Waals surface area contributed by atoms with Gasteiger partial charge in [0.05, 0.1) is 0 Å². The zero-order chi connectivity index (χ0) is 14.4. The highest BCUT2D eigenvalue weighted by Crippen LogP contribution is 2.17. The minimum atomic E-state index is 0. The van der Waals surface area contributed by atoms with Crippen molar-refractivity contribution < 1.29 is 9.90 Å². The maximum Gasteiger partial charge on any atom is 0.162 e. The first-order valence-electron chi connectivity index (χ1n) is 7.43. The van der Waals surface area contributed by atoms with E-state index in [9.17, 15) is 9.90 Å². The molecule has 1 heterocycles. The molecular formula is C16H26Br2N2O2. The lowest BCUT2D eigenvalue weighted by Gasteiger charge is -2.31. The summed E-state index contributed by atoms with van der Waals surface area (Å²) in [6, 6.07) is 6.49. The van der Waals surface area contributed by atoms with Gasteiger partial charge in [0, 0.05) is 12.0 Å². The highest BCUT2D eigenvalue weighted by molar-refractivity contribution is 8.93. The lowest BCUT2D eigenvalue weighted by Crippen LogP contribution is -2.36. The van der Waals surface area contributed by atoms with Gasteiger partial charge in [0.15, 0.2) is 5.78 Å². The summed E-state index contributed by atoms with van der Waals surface area (Å²) in [7, 11) is 0. The number of rotatable bonds is 6. The minimum absolute atomic E-state index is 0. The van der Waals surface area contributed by atoms with Gasteiger partial charge < -0.3 is 15.7 Å². The van der Waals surface area contributed by atoms with E-state index in [1.54, 1.807) is 24.3 Å². The summed E-state index contributed by atoms with van der Waals surface area (Å²) in [5.41, 5.74) is 6.37. The van der Waals surface area contributed by atoms with Crippen LogP contribution in [0.25, 0.3) is 0 Å². The second-order valence-electron chi connectivity index (χ2n) is 5.59. The van der Waals surface area contributed by atoms with Gasteiger partial charge >= 0.3 is 0 Å². The van der Waals surface area contributed by atoms with Crippen LogP contribution in [0.1, 0.15) is 36.0 Å². The average molecular weight is 438 g/mol. The Morgan fingerprint density at radius 1 is 1.18 bits per heavy atom. The van der Waals surface area contributed by atoms with E-state index in [0.717, 1.165) is 32.6 Å². The Labute approximate surface area is 153 Å². The number of piperidine rings is 1. The minimum Gasteiger partial charge on any atom is -0.508 e. The Balaban J connectivity index is 0.00000220. The van der Waals surface area contributed by atoms with Crippen LogP contribution >= 0.6 is 34.0 Å². The van der Waals surface area contributed by atoms with E-state index in [1.807, 2.05) is 0 Å². The van der Waals surface area contributed by atoms with Gasteiger partial charge in [-0.3, -0.25) is 4.79 Å². The van der Waals surface area contributed by atoms with Gasteiger partial charge in [0.1, 0.15) is 5.75 Å². The largest absolute Gasteiger partial charge is 0.508 e. The Kier molecular flexibility index (Phi) is 10.9. The number of carbonyl (C=O) groups is 1. The molecule has 2 rings (SSSR count). The third-order valence-electron chi connectivity index (χ3n) is 4.11.